The van der Waals surface area contributed by atoms with Crippen molar-refractivity contribution in [3.8, 4) is 0 Å². The van der Waals surface area contributed by atoms with Crippen LogP contribution in [0, 0.1) is 11.8 Å². The van der Waals surface area contributed by atoms with Gasteiger partial charge in [0.1, 0.15) is 11.4 Å². The topological polar surface area (TPSA) is 93.9 Å². The largest absolute Gasteiger partial charge is 0.416 e. The van der Waals surface area contributed by atoms with Crippen LogP contribution in [0.3, 0.4) is 0 Å². The average Bonchev–Trinajstić information content (AvgIpc) is 2.96. The first-order valence-corrected chi connectivity index (χ1v) is 14.6. The molecule has 2 aromatic carbocycles. The molecule has 0 radical (unpaired) electrons. The van der Waals surface area contributed by atoms with E-state index < -0.39 is 28.7 Å². The van der Waals surface area contributed by atoms with Crippen LogP contribution >= 0.6 is 0 Å². The van der Waals surface area contributed by atoms with E-state index in [1.54, 1.807) is 13.2 Å². The summed E-state index contributed by atoms with van der Waals surface area (Å²) in [5, 5.41) is 3.28. The van der Waals surface area contributed by atoms with Crippen molar-refractivity contribution in [2.24, 2.45) is 17.6 Å². The van der Waals surface area contributed by atoms with Crippen LogP contribution in [0.5, 0.6) is 0 Å². The number of piperidine rings is 1. The van der Waals surface area contributed by atoms with E-state index in [9.17, 15) is 22.8 Å². The summed E-state index contributed by atoms with van der Waals surface area (Å²) in [6.07, 6.45) is 3.32. The maximum absolute atomic E-state index is 14.0. The van der Waals surface area contributed by atoms with Crippen molar-refractivity contribution in [2.45, 2.75) is 76.1 Å². The van der Waals surface area contributed by atoms with Crippen molar-refractivity contribution < 1.29 is 22.6 Å². The van der Waals surface area contributed by atoms with E-state index in [1.165, 1.54) is 31.4 Å². The third-order valence-corrected chi connectivity index (χ3v) is 8.43. The SMILES string of the molecule is COCCCOC(c1ccccc1C(F)(F)F)[C@@H]1CCCN(c2c(N[C@H](CN)CC3CCCCC3)c(=O)c2=O)C1. The second-order valence-corrected chi connectivity index (χ2v) is 11.3. The van der Waals surface area contributed by atoms with Crippen molar-refractivity contribution in [1.29, 1.82) is 0 Å². The molecule has 1 aliphatic carbocycles. The molecule has 0 bridgehead atoms. The van der Waals surface area contributed by atoms with Crippen molar-refractivity contribution in [1.82, 2.24) is 0 Å². The molecule has 1 aliphatic heterocycles. The van der Waals surface area contributed by atoms with Gasteiger partial charge in [0, 0.05) is 51.9 Å². The first-order chi connectivity index (χ1) is 19.2. The molecule has 1 unspecified atom stereocenters. The number of nitrogens with two attached hydrogens (primary N) is 1. The van der Waals surface area contributed by atoms with E-state index in [0.717, 1.165) is 25.3 Å². The van der Waals surface area contributed by atoms with Gasteiger partial charge in [0.05, 0.1) is 11.7 Å². The minimum Gasteiger partial charge on any atom is -0.385 e. The molecule has 7 nitrogen and oxygen atoms in total. The second-order valence-electron chi connectivity index (χ2n) is 11.3. The number of rotatable bonds is 13. The van der Waals surface area contributed by atoms with Crippen LogP contribution in [-0.4, -0.2) is 46.0 Å². The molecule has 0 amide bonds. The van der Waals surface area contributed by atoms with Crippen molar-refractivity contribution >= 4 is 11.4 Å². The molecule has 40 heavy (non-hydrogen) atoms. The van der Waals surface area contributed by atoms with Crippen LogP contribution in [0.4, 0.5) is 24.5 Å². The van der Waals surface area contributed by atoms with Crippen molar-refractivity contribution in [3.63, 3.8) is 0 Å². The zero-order valence-corrected chi connectivity index (χ0v) is 23.3. The number of nitrogens with zero attached hydrogens (tertiary/aromatic N) is 1. The molecule has 2 aromatic rings. The van der Waals surface area contributed by atoms with Gasteiger partial charge in [-0.3, -0.25) is 9.59 Å². The minimum atomic E-state index is -4.52. The number of halogens is 3. The number of nitrogens with one attached hydrogen (secondary N) is 1. The Labute approximate surface area is 233 Å². The van der Waals surface area contributed by atoms with E-state index in [1.807, 2.05) is 4.90 Å². The molecule has 222 valence electrons. The lowest BCUT2D eigenvalue weighted by Crippen LogP contribution is -2.49. The predicted molar refractivity (Wildman–Crippen MR) is 151 cm³/mol. The lowest BCUT2D eigenvalue weighted by molar-refractivity contribution is -0.140. The summed E-state index contributed by atoms with van der Waals surface area (Å²) in [5.41, 5.74) is 4.96. The highest BCUT2D eigenvalue weighted by Crippen LogP contribution is 2.41. The Morgan fingerprint density at radius 1 is 1.05 bits per heavy atom. The van der Waals surface area contributed by atoms with Crippen LogP contribution in [0.15, 0.2) is 33.9 Å². The Morgan fingerprint density at radius 3 is 2.50 bits per heavy atom. The highest BCUT2D eigenvalue weighted by molar-refractivity contribution is 5.75. The average molecular weight is 566 g/mol. The Morgan fingerprint density at radius 2 is 1.80 bits per heavy atom. The molecule has 4 rings (SSSR count). The zero-order chi connectivity index (χ0) is 28.7. The molecule has 0 spiro atoms. The maximum Gasteiger partial charge on any atom is 0.416 e. The lowest BCUT2D eigenvalue weighted by atomic mass is 9.84. The first kappa shape index (κ1) is 30.5. The molecule has 2 fully saturated rings. The fourth-order valence-electron chi connectivity index (χ4n) is 6.42. The lowest BCUT2D eigenvalue weighted by Gasteiger charge is -2.40. The van der Waals surface area contributed by atoms with Crippen LogP contribution in [0.2, 0.25) is 0 Å². The number of hydrogen-bond acceptors (Lipinski definition) is 7. The number of methoxy groups -OCH3 is 1. The summed E-state index contributed by atoms with van der Waals surface area (Å²) < 4.78 is 53.1. The van der Waals surface area contributed by atoms with Gasteiger partial charge in [-0.2, -0.15) is 13.2 Å². The van der Waals surface area contributed by atoms with E-state index in [-0.39, 0.29) is 24.1 Å². The molecule has 0 aromatic heterocycles. The maximum atomic E-state index is 14.0. The summed E-state index contributed by atoms with van der Waals surface area (Å²) in [5.74, 6) is 0.249. The van der Waals surface area contributed by atoms with Gasteiger partial charge in [-0.15, -0.1) is 0 Å². The molecular formula is C30H42F3N3O4. The number of benzene rings is 1. The molecule has 10 heteroatoms. The standard InChI is InChI=1S/C30H42F3N3O4/c1-39-15-8-16-40-29(23-12-5-6-13-24(23)30(31,32)33)21-11-7-14-36(19-21)26-25(27(37)28(26)38)35-22(18-34)17-20-9-3-2-4-10-20/h5-6,12-13,20-22,29,35H,2-4,7-11,14-19,34H2,1H3/t21-,22+,29?/m1/s1. The van der Waals surface area contributed by atoms with Gasteiger partial charge in [0.15, 0.2) is 0 Å². The molecule has 1 saturated carbocycles. The van der Waals surface area contributed by atoms with Gasteiger partial charge in [0.25, 0.3) is 10.9 Å². The van der Waals surface area contributed by atoms with Gasteiger partial charge < -0.3 is 25.4 Å². The Kier molecular flexibility index (Phi) is 10.7. The number of ether oxygens (including phenoxy) is 2. The molecule has 1 heterocycles. The first-order valence-electron chi connectivity index (χ1n) is 14.6. The fraction of sp³-hybridized carbons (Fsp3) is 0.667. The summed E-state index contributed by atoms with van der Waals surface area (Å²) in [4.78, 5) is 27.3. The third-order valence-electron chi connectivity index (χ3n) is 8.43. The van der Waals surface area contributed by atoms with Crippen LogP contribution in [0.1, 0.15) is 75.0 Å². The monoisotopic (exact) mass is 565 g/mol. The van der Waals surface area contributed by atoms with Crippen LogP contribution in [-0.2, 0) is 15.7 Å². The number of alkyl halides is 3. The van der Waals surface area contributed by atoms with Crippen molar-refractivity contribution in [3.05, 3.63) is 55.8 Å². The summed E-state index contributed by atoms with van der Waals surface area (Å²) in [7, 11) is 1.57. The minimum absolute atomic E-state index is 0.0956. The highest BCUT2D eigenvalue weighted by atomic mass is 19.4. The molecule has 2 aliphatic rings. The zero-order valence-electron chi connectivity index (χ0n) is 23.3. The van der Waals surface area contributed by atoms with Gasteiger partial charge in [-0.1, -0.05) is 50.3 Å². The van der Waals surface area contributed by atoms with Crippen molar-refractivity contribution in [2.75, 3.05) is 50.2 Å². The molecular weight excluding hydrogens is 523 g/mol. The smallest absolute Gasteiger partial charge is 0.385 e. The quantitative estimate of drug-likeness (QED) is 0.260. The highest BCUT2D eigenvalue weighted by Gasteiger charge is 2.39. The van der Waals surface area contributed by atoms with E-state index in [2.05, 4.69) is 5.32 Å². The predicted octanol–water partition coefficient (Wildman–Crippen LogP) is 5.02. The third kappa shape index (κ3) is 7.25. The Bertz CT molecular complexity index is 1160. The molecule has 3 N–H and O–H groups in total. The van der Waals surface area contributed by atoms with E-state index in [0.29, 0.717) is 62.8 Å². The van der Waals surface area contributed by atoms with Crippen LogP contribution in [0.25, 0.3) is 0 Å². The molecule has 1 saturated heterocycles. The normalized spacial score (nSPS) is 20.5. The van der Waals surface area contributed by atoms with E-state index >= 15 is 0 Å². The number of anilines is 2. The van der Waals surface area contributed by atoms with Gasteiger partial charge in [-0.05, 0) is 43.2 Å². The summed E-state index contributed by atoms with van der Waals surface area (Å²) >= 11 is 0. The second kappa shape index (κ2) is 14.0. The molecule has 3 atom stereocenters. The Hall–Kier alpha value is -2.43. The van der Waals surface area contributed by atoms with Gasteiger partial charge >= 0.3 is 6.18 Å². The number of hydrogen-bond donors (Lipinski definition) is 2. The summed E-state index contributed by atoms with van der Waals surface area (Å²) in [6, 6.07) is 5.42. The van der Waals surface area contributed by atoms with E-state index in [4.69, 9.17) is 15.2 Å². The van der Waals surface area contributed by atoms with Crippen LogP contribution < -0.4 is 26.8 Å². The summed E-state index contributed by atoms with van der Waals surface area (Å²) in [6.45, 7) is 1.89. The van der Waals surface area contributed by atoms with Gasteiger partial charge in [-0.25, -0.2) is 0 Å². The Balaban J connectivity index is 1.54. The fourth-order valence-corrected chi connectivity index (χ4v) is 6.42. The van der Waals surface area contributed by atoms with Gasteiger partial charge in [0.2, 0.25) is 0 Å².